The molecule has 6 nitrogen and oxygen atoms in total. The number of hydrogen-bond acceptors (Lipinski definition) is 5. The third-order valence-corrected chi connectivity index (χ3v) is 5.45. The molecule has 0 spiro atoms. The summed E-state index contributed by atoms with van der Waals surface area (Å²) in [6.45, 7) is 6.64. The molecule has 0 unspecified atom stereocenters. The molecule has 1 aromatic carbocycles. The summed E-state index contributed by atoms with van der Waals surface area (Å²) >= 11 is 1.68. The van der Waals surface area contributed by atoms with Gasteiger partial charge in [-0.15, -0.1) is 0 Å². The molecule has 0 saturated carbocycles. The molecule has 0 aliphatic carbocycles. The van der Waals surface area contributed by atoms with Crippen LogP contribution in [-0.2, 0) is 4.74 Å². The van der Waals surface area contributed by atoms with E-state index in [1.165, 1.54) is 5.56 Å². The largest absolute Gasteiger partial charge is 0.494 e. The van der Waals surface area contributed by atoms with Crippen molar-refractivity contribution in [2.45, 2.75) is 25.8 Å². The first-order valence-corrected chi connectivity index (χ1v) is 10.8. The van der Waals surface area contributed by atoms with Gasteiger partial charge in [-0.25, -0.2) is 4.79 Å². The number of benzene rings is 1. The number of urea groups is 1. The minimum absolute atomic E-state index is 0.162. The van der Waals surface area contributed by atoms with Gasteiger partial charge in [-0.3, -0.25) is 4.90 Å². The number of rotatable bonds is 9. The van der Waals surface area contributed by atoms with Gasteiger partial charge in [0, 0.05) is 25.3 Å². The first-order valence-electron chi connectivity index (χ1n) is 9.88. The molecular weight excluding hydrogens is 374 g/mol. The second-order valence-corrected chi connectivity index (χ2v) is 7.56. The van der Waals surface area contributed by atoms with Crippen LogP contribution in [0.3, 0.4) is 0 Å². The number of carbonyl (C=O) groups is 1. The lowest BCUT2D eigenvalue weighted by Gasteiger charge is -2.34. The Kier molecular flexibility index (Phi) is 8.14. The van der Waals surface area contributed by atoms with Crippen molar-refractivity contribution in [2.24, 2.45) is 0 Å². The first kappa shape index (κ1) is 20.6. The smallest absolute Gasteiger partial charge is 0.319 e. The van der Waals surface area contributed by atoms with Gasteiger partial charge < -0.3 is 20.1 Å². The molecule has 1 fully saturated rings. The fraction of sp³-hybridized carbons (Fsp3) is 0.476. The van der Waals surface area contributed by atoms with Crippen LogP contribution in [0.5, 0.6) is 5.75 Å². The summed E-state index contributed by atoms with van der Waals surface area (Å²) in [5.74, 6) is 0.823. The number of unbranched alkanes of at least 4 members (excludes halogenated alkanes) is 1. The SMILES string of the molecule is CCCCOc1ccc(NC(=O)NC[C@H](c2ccsc2)N2CCOCC2)cc1. The molecule has 0 bridgehead atoms. The maximum absolute atomic E-state index is 12.4. The quantitative estimate of drug-likeness (QED) is 0.618. The molecule has 2 N–H and O–H groups in total. The fourth-order valence-corrected chi connectivity index (χ4v) is 3.85. The van der Waals surface area contributed by atoms with Crippen LogP contribution < -0.4 is 15.4 Å². The van der Waals surface area contributed by atoms with Gasteiger partial charge in [0.25, 0.3) is 0 Å². The normalized spacial score (nSPS) is 15.8. The average Bonchev–Trinajstić information content (AvgIpc) is 3.25. The standard InChI is InChI=1S/C21H29N3O3S/c1-2-3-11-27-19-6-4-18(5-7-19)23-21(25)22-15-20(17-8-14-28-16-17)24-9-12-26-13-10-24/h4-8,14,16,20H,2-3,9-13,15H2,1H3,(H2,22,23,25)/t20-/m1/s1. The number of nitrogens with one attached hydrogen (secondary N) is 2. The van der Waals surface area contributed by atoms with Gasteiger partial charge in [-0.1, -0.05) is 13.3 Å². The Labute approximate surface area is 170 Å². The van der Waals surface area contributed by atoms with Gasteiger partial charge in [-0.05, 0) is 53.1 Å². The zero-order chi connectivity index (χ0) is 19.6. The van der Waals surface area contributed by atoms with E-state index in [1.54, 1.807) is 11.3 Å². The summed E-state index contributed by atoms with van der Waals surface area (Å²) in [5.41, 5.74) is 1.99. The summed E-state index contributed by atoms with van der Waals surface area (Å²) in [4.78, 5) is 14.7. The highest BCUT2D eigenvalue weighted by Gasteiger charge is 2.23. The maximum atomic E-state index is 12.4. The van der Waals surface area contributed by atoms with Crippen molar-refractivity contribution in [1.29, 1.82) is 0 Å². The molecule has 3 rings (SSSR count). The molecule has 1 aromatic heterocycles. The molecular formula is C21H29N3O3S. The minimum Gasteiger partial charge on any atom is -0.494 e. The topological polar surface area (TPSA) is 62.8 Å². The molecule has 7 heteroatoms. The maximum Gasteiger partial charge on any atom is 0.319 e. The molecule has 2 heterocycles. The number of amides is 2. The van der Waals surface area contributed by atoms with Crippen molar-refractivity contribution in [1.82, 2.24) is 10.2 Å². The van der Waals surface area contributed by atoms with Crippen LogP contribution in [-0.4, -0.2) is 50.4 Å². The van der Waals surface area contributed by atoms with E-state index < -0.39 is 0 Å². The number of anilines is 1. The van der Waals surface area contributed by atoms with Crippen LogP contribution in [0.25, 0.3) is 0 Å². The Bertz CT molecular complexity index is 700. The second-order valence-electron chi connectivity index (χ2n) is 6.78. The molecule has 0 radical (unpaired) electrons. The lowest BCUT2D eigenvalue weighted by atomic mass is 10.1. The number of hydrogen-bond donors (Lipinski definition) is 2. The zero-order valence-electron chi connectivity index (χ0n) is 16.4. The van der Waals surface area contributed by atoms with Crippen molar-refractivity contribution in [3.8, 4) is 5.75 Å². The Balaban J connectivity index is 1.50. The Morgan fingerprint density at radius 1 is 1.25 bits per heavy atom. The van der Waals surface area contributed by atoms with Gasteiger partial charge in [-0.2, -0.15) is 11.3 Å². The highest BCUT2D eigenvalue weighted by molar-refractivity contribution is 7.07. The van der Waals surface area contributed by atoms with Crippen molar-refractivity contribution in [3.63, 3.8) is 0 Å². The number of ether oxygens (including phenoxy) is 2. The Hall–Kier alpha value is -2.09. The molecule has 1 atom stereocenters. The number of morpholine rings is 1. The summed E-state index contributed by atoms with van der Waals surface area (Å²) < 4.78 is 11.1. The Morgan fingerprint density at radius 3 is 2.71 bits per heavy atom. The number of nitrogens with zero attached hydrogens (tertiary/aromatic N) is 1. The number of carbonyl (C=O) groups excluding carboxylic acids is 1. The van der Waals surface area contributed by atoms with Gasteiger partial charge in [0.2, 0.25) is 0 Å². The molecule has 1 aliphatic heterocycles. The third-order valence-electron chi connectivity index (χ3n) is 4.75. The molecule has 152 valence electrons. The summed E-state index contributed by atoms with van der Waals surface area (Å²) in [7, 11) is 0. The Morgan fingerprint density at radius 2 is 2.04 bits per heavy atom. The van der Waals surface area contributed by atoms with Crippen molar-refractivity contribution in [3.05, 3.63) is 46.7 Å². The highest BCUT2D eigenvalue weighted by atomic mass is 32.1. The van der Waals surface area contributed by atoms with Crippen LogP contribution in [0.1, 0.15) is 31.4 Å². The van der Waals surface area contributed by atoms with E-state index in [4.69, 9.17) is 9.47 Å². The van der Waals surface area contributed by atoms with Gasteiger partial charge in [0.1, 0.15) is 5.75 Å². The molecule has 2 amide bonds. The van der Waals surface area contributed by atoms with Crippen LogP contribution in [0.15, 0.2) is 41.1 Å². The van der Waals surface area contributed by atoms with E-state index in [2.05, 4.69) is 39.3 Å². The van der Waals surface area contributed by atoms with E-state index >= 15 is 0 Å². The van der Waals surface area contributed by atoms with Crippen LogP contribution in [0, 0.1) is 0 Å². The van der Waals surface area contributed by atoms with E-state index in [1.807, 2.05) is 24.3 Å². The first-order chi connectivity index (χ1) is 13.8. The van der Waals surface area contributed by atoms with Crippen LogP contribution >= 0.6 is 11.3 Å². The van der Waals surface area contributed by atoms with Gasteiger partial charge in [0.05, 0.1) is 25.9 Å². The van der Waals surface area contributed by atoms with Crippen LogP contribution in [0.2, 0.25) is 0 Å². The molecule has 2 aromatic rings. The lowest BCUT2D eigenvalue weighted by Crippen LogP contribution is -2.44. The monoisotopic (exact) mass is 403 g/mol. The van der Waals surface area contributed by atoms with Crippen LogP contribution in [0.4, 0.5) is 10.5 Å². The second kappa shape index (κ2) is 11.0. The van der Waals surface area contributed by atoms with E-state index in [0.717, 1.165) is 57.2 Å². The van der Waals surface area contributed by atoms with E-state index in [0.29, 0.717) is 6.54 Å². The molecule has 28 heavy (non-hydrogen) atoms. The third kappa shape index (κ3) is 6.22. The predicted molar refractivity (Wildman–Crippen MR) is 113 cm³/mol. The lowest BCUT2D eigenvalue weighted by molar-refractivity contribution is 0.0168. The molecule has 1 aliphatic rings. The average molecular weight is 404 g/mol. The summed E-state index contributed by atoms with van der Waals surface area (Å²) in [6.07, 6.45) is 2.15. The fourth-order valence-electron chi connectivity index (χ4n) is 3.15. The van der Waals surface area contributed by atoms with Crippen molar-refractivity contribution < 1.29 is 14.3 Å². The minimum atomic E-state index is -0.201. The van der Waals surface area contributed by atoms with Crippen molar-refractivity contribution in [2.75, 3.05) is 44.8 Å². The highest BCUT2D eigenvalue weighted by Crippen LogP contribution is 2.23. The number of thiophene rings is 1. The molecule has 1 saturated heterocycles. The summed E-state index contributed by atoms with van der Waals surface area (Å²) in [6, 6.07) is 9.57. The van der Waals surface area contributed by atoms with Gasteiger partial charge >= 0.3 is 6.03 Å². The van der Waals surface area contributed by atoms with Crippen molar-refractivity contribution >= 4 is 23.1 Å². The summed E-state index contributed by atoms with van der Waals surface area (Å²) in [5, 5.41) is 10.1. The van der Waals surface area contributed by atoms with Gasteiger partial charge in [0.15, 0.2) is 0 Å². The zero-order valence-corrected chi connectivity index (χ0v) is 17.2. The van der Waals surface area contributed by atoms with E-state index in [9.17, 15) is 4.79 Å². The predicted octanol–water partition coefficient (Wildman–Crippen LogP) is 4.12. The van der Waals surface area contributed by atoms with E-state index in [-0.39, 0.29) is 12.1 Å².